The number of hydrogen-bond acceptors (Lipinski definition) is 3. The Kier molecular flexibility index (Phi) is 4.24. The van der Waals surface area contributed by atoms with E-state index in [2.05, 4.69) is 17.2 Å². The normalized spacial score (nSPS) is 24.5. The van der Waals surface area contributed by atoms with Crippen LogP contribution in [0.25, 0.3) is 0 Å². The van der Waals surface area contributed by atoms with E-state index in [4.69, 9.17) is 5.73 Å². The van der Waals surface area contributed by atoms with Crippen LogP contribution in [0.3, 0.4) is 0 Å². The minimum atomic E-state index is 0.591. The standard InChI is InChI=1S/C14H23N3/c1-2-3-11-4-6-12(7-5-11)17-14-8-9-16-10-13(14)15/h8-12H,2-7,15H2,1H3,(H,16,17). The van der Waals surface area contributed by atoms with Crippen molar-refractivity contribution in [1.82, 2.24) is 4.98 Å². The van der Waals surface area contributed by atoms with E-state index in [9.17, 15) is 0 Å². The van der Waals surface area contributed by atoms with Gasteiger partial charge in [0.05, 0.1) is 17.6 Å². The quantitative estimate of drug-likeness (QED) is 0.837. The number of pyridine rings is 1. The fourth-order valence-electron chi connectivity index (χ4n) is 2.76. The van der Waals surface area contributed by atoms with Gasteiger partial charge in [0.25, 0.3) is 0 Å². The predicted octanol–water partition coefficient (Wildman–Crippen LogP) is 3.43. The van der Waals surface area contributed by atoms with Gasteiger partial charge in [-0.05, 0) is 37.7 Å². The highest BCUT2D eigenvalue weighted by Crippen LogP contribution is 2.30. The van der Waals surface area contributed by atoms with E-state index in [1.165, 1.54) is 38.5 Å². The molecule has 17 heavy (non-hydrogen) atoms. The fraction of sp³-hybridized carbons (Fsp3) is 0.643. The Labute approximate surface area is 104 Å². The number of aromatic nitrogens is 1. The van der Waals surface area contributed by atoms with Crippen molar-refractivity contribution in [3.63, 3.8) is 0 Å². The average Bonchev–Trinajstić information content (AvgIpc) is 2.35. The summed E-state index contributed by atoms with van der Waals surface area (Å²) in [5.41, 5.74) is 7.68. The molecule has 0 bridgehead atoms. The van der Waals surface area contributed by atoms with E-state index in [1.54, 1.807) is 12.4 Å². The molecule has 0 aliphatic heterocycles. The van der Waals surface area contributed by atoms with Gasteiger partial charge in [0.15, 0.2) is 0 Å². The van der Waals surface area contributed by atoms with Gasteiger partial charge in [-0.2, -0.15) is 0 Å². The molecule has 0 atom stereocenters. The van der Waals surface area contributed by atoms with Crippen LogP contribution in [-0.4, -0.2) is 11.0 Å². The molecule has 1 fully saturated rings. The van der Waals surface area contributed by atoms with Gasteiger partial charge in [0, 0.05) is 12.2 Å². The number of nitrogens with one attached hydrogen (secondary N) is 1. The van der Waals surface area contributed by atoms with Crippen LogP contribution in [-0.2, 0) is 0 Å². The Morgan fingerprint density at radius 2 is 2.12 bits per heavy atom. The fourth-order valence-corrected chi connectivity index (χ4v) is 2.76. The lowest BCUT2D eigenvalue weighted by Gasteiger charge is -2.29. The minimum Gasteiger partial charge on any atom is -0.396 e. The van der Waals surface area contributed by atoms with E-state index in [0.717, 1.165) is 17.3 Å². The zero-order valence-corrected chi connectivity index (χ0v) is 10.7. The van der Waals surface area contributed by atoms with E-state index in [1.807, 2.05) is 6.07 Å². The molecule has 0 unspecified atom stereocenters. The summed E-state index contributed by atoms with van der Waals surface area (Å²) < 4.78 is 0. The Balaban J connectivity index is 1.84. The summed E-state index contributed by atoms with van der Waals surface area (Å²) in [5.74, 6) is 0.952. The molecule has 0 spiro atoms. The van der Waals surface area contributed by atoms with Crippen molar-refractivity contribution in [1.29, 1.82) is 0 Å². The number of nitrogens with two attached hydrogens (primary N) is 1. The van der Waals surface area contributed by atoms with Crippen molar-refractivity contribution < 1.29 is 0 Å². The first kappa shape index (κ1) is 12.2. The lowest BCUT2D eigenvalue weighted by Crippen LogP contribution is -2.26. The molecule has 3 heteroatoms. The third kappa shape index (κ3) is 3.35. The molecule has 3 nitrogen and oxygen atoms in total. The Morgan fingerprint density at radius 3 is 2.76 bits per heavy atom. The summed E-state index contributed by atoms with van der Waals surface area (Å²) >= 11 is 0. The molecule has 0 amide bonds. The highest BCUT2D eigenvalue weighted by Gasteiger charge is 2.20. The van der Waals surface area contributed by atoms with E-state index >= 15 is 0 Å². The van der Waals surface area contributed by atoms with Crippen LogP contribution in [0.4, 0.5) is 11.4 Å². The topological polar surface area (TPSA) is 50.9 Å². The summed E-state index contributed by atoms with van der Waals surface area (Å²) in [6.07, 6.45) is 11.5. The zero-order valence-electron chi connectivity index (χ0n) is 10.7. The summed E-state index contributed by atoms with van der Waals surface area (Å²) in [7, 11) is 0. The molecule has 1 aromatic heterocycles. The van der Waals surface area contributed by atoms with Crippen molar-refractivity contribution in [2.24, 2.45) is 5.92 Å². The maximum atomic E-state index is 5.89. The highest BCUT2D eigenvalue weighted by atomic mass is 14.9. The second-order valence-electron chi connectivity index (χ2n) is 5.11. The monoisotopic (exact) mass is 233 g/mol. The summed E-state index contributed by atoms with van der Waals surface area (Å²) in [6.45, 7) is 2.28. The molecule has 1 heterocycles. The van der Waals surface area contributed by atoms with Crippen LogP contribution in [0.15, 0.2) is 18.5 Å². The van der Waals surface area contributed by atoms with Crippen molar-refractivity contribution >= 4 is 11.4 Å². The van der Waals surface area contributed by atoms with Crippen LogP contribution >= 0.6 is 0 Å². The molecule has 1 aliphatic rings. The lowest BCUT2D eigenvalue weighted by molar-refractivity contribution is 0.319. The zero-order chi connectivity index (χ0) is 12.1. The van der Waals surface area contributed by atoms with Gasteiger partial charge in [0.1, 0.15) is 0 Å². The largest absolute Gasteiger partial charge is 0.396 e. The third-order valence-corrected chi connectivity index (χ3v) is 3.76. The van der Waals surface area contributed by atoms with Crippen LogP contribution < -0.4 is 11.1 Å². The minimum absolute atomic E-state index is 0.591. The number of hydrogen-bond donors (Lipinski definition) is 2. The van der Waals surface area contributed by atoms with Gasteiger partial charge in [-0.15, -0.1) is 0 Å². The van der Waals surface area contributed by atoms with Gasteiger partial charge in [0.2, 0.25) is 0 Å². The SMILES string of the molecule is CCCC1CCC(Nc2ccncc2N)CC1. The molecule has 3 N–H and O–H groups in total. The number of nitrogens with zero attached hydrogens (tertiary/aromatic N) is 1. The molecular weight excluding hydrogens is 210 g/mol. The Bertz CT molecular complexity index is 343. The molecule has 0 saturated heterocycles. The Hall–Kier alpha value is -1.25. The maximum Gasteiger partial charge on any atom is 0.0736 e. The van der Waals surface area contributed by atoms with E-state index in [0.29, 0.717) is 6.04 Å². The van der Waals surface area contributed by atoms with Gasteiger partial charge < -0.3 is 11.1 Å². The number of rotatable bonds is 4. The average molecular weight is 233 g/mol. The molecule has 1 saturated carbocycles. The number of nitrogen functional groups attached to an aromatic ring is 1. The van der Waals surface area contributed by atoms with E-state index in [-0.39, 0.29) is 0 Å². The third-order valence-electron chi connectivity index (χ3n) is 3.76. The maximum absolute atomic E-state index is 5.89. The van der Waals surface area contributed by atoms with Crippen LogP contribution in [0.2, 0.25) is 0 Å². The van der Waals surface area contributed by atoms with Gasteiger partial charge in [-0.1, -0.05) is 19.8 Å². The molecule has 1 aromatic rings. The summed E-state index contributed by atoms with van der Waals surface area (Å²) in [5, 5.41) is 3.55. The van der Waals surface area contributed by atoms with Crippen LogP contribution in [0.5, 0.6) is 0 Å². The van der Waals surface area contributed by atoms with Crippen LogP contribution in [0.1, 0.15) is 45.4 Å². The molecular formula is C14H23N3. The Morgan fingerprint density at radius 1 is 1.35 bits per heavy atom. The molecule has 2 rings (SSSR count). The van der Waals surface area contributed by atoms with Gasteiger partial charge in [-0.25, -0.2) is 0 Å². The van der Waals surface area contributed by atoms with Crippen molar-refractivity contribution in [3.05, 3.63) is 18.5 Å². The molecule has 0 radical (unpaired) electrons. The summed E-state index contributed by atoms with van der Waals surface area (Å²) in [4.78, 5) is 4.01. The second-order valence-corrected chi connectivity index (χ2v) is 5.11. The van der Waals surface area contributed by atoms with Crippen molar-refractivity contribution in [2.45, 2.75) is 51.5 Å². The predicted molar refractivity (Wildman–Crippen MR) is 72.9 cm³/mol. The number of anilines is 2. The first-order valence-corrected chi connectivity index (χ1v) is 6.75. The summed E-state index contributed by atoms with van der Waals surface area (Å²) in [6, 6.07) is 2.56. The smallest absolute Gasteiger partial charge is 0.0736 e. The molecule has 0 aromatic carbocycles. The molecule has 1 aliphatic carbocycles. The second kappa shape index (κ2) is 5.89. The van der Waals surface area contributed by atoms with Crippen molar-refractivity contribution in [2.75, 3.05) is 11.1 Å². The van der Waals surface area contributed by atoms with Gasteiger partial charge in [-0.3, -0.25) is 4.98 Å². The van der Waals surface area contributed by atoms with E-state index < -0.39 is 0 Å². The first-order chi connectivity index (χ1) is 8.29. The van der Waals surface area contributed by atoms with Crippen molar-refractivity contribution in [3.8, 4) is 0 Å². The van der Waals surface area contributed by atoms with Crippen LogP contribution in [0, 0.1) is 5.92 Å². The first-order valence-electron chi connectivity index (χ1n) is 6.75. The van der Waals surface area contributed by atoms with Gasteiger partial charge >= 0.3 is 0 Å². The lowest BCUT2D eigenvalue weighted by atomic mass is 9.83. The highest BCUT2D eigenvalue weighted by molar-refractivity contribution is 5.64. The molecule has 94 valence electrons.